The number of nitrogens with zero attached hydrogens (tertiary/aromatic N) is 2. The Morgan fingerprint density at radius 3 is 2.60 bits per heavy atom. The number of hydrogen-bond donors (Lipinski definition) is 1. The molecule has 0 bridgehead atoms. The number of aromatic nitrogens is 2. The second kappa shape index (κ2) is 6.48. The molecule has 1 heterocycles. The average Bonchev–Trinajstić information content (AvgIpc) is 2.42. The fourth-order valence-corrected chi connectivity index (χ4v) is 2.29. The maximum Gasteiger partial charge on any atom is 0.142 e. The van der Waals surface area contributed by atoms with E-state index in [1.165, 1.54) is 12.1 Å². The SMILES string of the molecule is Cc1cnc(CNC(C)c2cc(F)c(Cl)cc2Cl)cn1. The number of aryl methyl sites for hydroxylation is 1. The van der Waals surface area contributed by atoms with E-state index in [1.807, 2.05) is 13.8 Å². The fourth-order valence-electron chi connectivity index (χ4n) is 1.75. The predicted octanol–water partition coefficient (Wildman–Crippen LogP) is 4.08. The Hall–Kier alpha value is -1.23. The number of nitrogens with one attached hydrogen (secondary N) is 1. The number of halogens is 3. The van der Waals surface area contributed by atoms with Crippen LogP contribution in [0.15, 0.2) is 24.5 Å². The Bertz CT molecular complexity index is 602. The molecule has 1 unspecified atom stereocenters. The van der Waals surface area contributed by atoms with Crippen molar-refractivity contribution < 1.29 is 4.39 Å². The maximum absolute atomic E-state index is 13.5. The molecule has 2 aromatic rings. The molecule has 0 aliphatic rings. The summed E-state index contributed by atoms with van der Waals surface area (Å²) < 4.78 is 13.5. The van der Waals surface area contributed by atoms with E-state index in [9.17, 15) is 4.39 Å². The predicted molar refractivity (Wildman–Crippen MR) is 78.4 cm³/mol. The van der Waals surface area contributed by atoms with Crippen LogP contribution in [-0.2, 0) is 6.54 Å². The normalized spacial score (nSPS) is 12.4. The lowest BCUT2D eigenvalue weighted by molar-refractivity contribution is 0.558. The van der Waals surface area contributed by atoms with Gasteiger partial charge in [-0.05, 0) is 31.5 Å². The van der Waals surface area contributed by atoms with Gasteiger partial charge in [0.15, 0.2) is 0 Å². The van der Waals surface area contributed by atoms with E-state index in [1.54, 1.807) is 12.4 Å². The van der Waals surface area contributed by atoms with E-state index in [2.05, 4.69) is 15.3 Å². The number of benzene rings is 1. The molecular weight excluding hydrogens is 300 g/mol. The minimum atomic E-state index is -0.477. The van der Waals surface area contributed by atoms with Crippen molar-refractivity contribution in [2.45, 2.75) is 26.4 Å². The maximum atomic E-state index is 13.5. The van der Waals surface area contributed by atoms with Gasteiger partial charge < -0.3 is 5.32 Å². The molecule has 0 saturated carbocycles. The first-order chi connectivity index (χ1) is 9.47. The van der Waals surface area contributed by atoms with Crippen LogP contribution in [0.25, 0.3) is 0 Å². The van der Waals surface area contributed by atoms with Crippen LogP contribution in [-0.4, -0.2) is 9.97 Å². The highest BCUT2D eigenvalue weighted by Crippen LogP contribution is 2.28. The van der Waals surface area contributed by atoms with Crippen LogP contribution in [0.3, 0.4) is 0 Å². The van der Waals surface area contributed by atoms with Gasteiger partial charge in [-0.3, -0.25) is 9.97 Å². The minimum absolute atomic E-state index is 0.0235. The molecule has 3 nitrogen and oxygen atoms in total. The molecule has 0 fully saturated rings. The highest BCUT2D eigenvalue weighted by Gasteiger charge is 2.13. The van der Waals surface area contributed by atoms with Gasteiger partial charge in [-0.2, -0.15) is 0 Å². The molecule has 1 N–H and O–H groups in total. The van der Waals surface area contributed by atoms with Crippen LogP contribution in [0.5, 0.6) is 0 Å². The third kappa shape index (κ3) is 3.66. The van der Waals surface area contributed by atoms with Gasteiger partial charge >= 0.3 is 0 Å². The molecule has 0 amide bonds. The van der Waals surface area contributed by atoms with Crippen LogP contribution in [0, 0.1) is 12.7 Å². The topological polar surface area (TPSA) is 37.8 Å². The highest BCUT2D eigenvalue weighted by atomic mass is 35.5. The van der Waals surface area contributed by atoms with Crippen LogP contribution in [0.4, 0.5) is 4.39 Å². The molecule has 0 spiro atoms. The summed E-state index contributed by atoms with van der Waals surface area (Å²) >= 11 is 11.8. The largest absolute Gasteiger partial charge is 0.304 e. The molecule has 0 radical (unpaired) electrons. The highest BCUT2D eigenvalue weighted by molar-refractivity contribution is 6.35. The molecule has 6 heteroatoms. The zero-order valence-corrected chi connectivity index (χ0v) is 12.6. The summed E-state index contributed by atoms with van der Waals surface area (Å²) in [6, 6.07) is 2.64. The summed E-state index contributed by atoms with van der Waals surface area (Å²) in [5, 5.41) is 3.69. The summed E-state index contributed by atoms with van der Waals surface area (Å²) in [7, 11) is 0. The standard InChI is InChI=1S/C14H14Cl2FN3/c1-8-5-20-10(6-18-8)7-19-9(2)11-3-14(17)13(16)4-12(11)15/h3-6,9,19H,7H2,1-2H3. The molecule has 20 heavy (non-hydrogen) atoms. The Kier molecular flexibility index (Phi) is 4.91. The summed E-state index contributed by atoms with van der Waals surface area (Å²) in [6.45, 7) is 4.30. The van der Waals surface area contributed by atoms with Crippen molar-refractivity contribution in [1.29, 1.82) is 0 Å². The van der Waals surface area contributed by atoms with Crippen molar-refractivity contribution >= 4 is 23.2 Å². The number of rotatable bonds is 4. The summed E-state index contributed by atoms with van der Waals surface area (Å²) in [5.41, 5.74) is 2.34. The Morgan fingerprint density at radius 1 is 1.20 bits per heavy atom. The molecular formula is C14H14Cl2FN3. The lowest BCUT2D eigenvalue weighted by atomic mass is 10.1. The summed E-state index contributed by atoms with van der Waals surface area (Å²) in [6.07, 6.45) is 3.41. The van der Waals surface area contributed by atoms with Crippen molar-refractivity contribution in [2.75, 3.05) is 0 Å². The Labute approximate surface area is 127 Å². The van der Waals surface area contributed by atoms with E-state index < -0.39 is 5.82 Å². The van der Waals surface area contributed by atoms with Gasteiger partial charge in [0.1, 0.15) is 5.82 Å². The van der Waals surface area contributed by atoms with Crippen LogP contribution >= 0.6 is 23.2 Å². The van der Waals surface area contributed by atoms with Crippen molar-refractivity contribution in [2.24, 2.45) is 0 Å². The van der Waals surface area contributed by atoms with Gasteiger partial charge in [0.25, 0.3) is 0 Å². The van der Waals surface area contributed by atoms with Crippen molar-refractivity contribution in [1.82, 2.24) is 15.3 Å². The van der Waals surface area contributed by atoms with Crippen molar-refractivity contribution in [3.05, 3.63) is 57.3 Å². The second-order valence-electron chi connectivity index (χ2n) is 4.54. The molecule has 1 atom stereocenters. The summed E-state index contributed by atoms with van der Waals surface area (Å²) in [5.74, 6) is -0.477. The third-order valence-electron chi connectivity index (χ3n) is 2.93. The molecule has 1 aromatic carbocycles. The lowest BCUT2D eigenvalue weighted by Gasteiger charge is -2.16. The van der Waals surface area contributed by atoms with E-state index in [-0.39, 0.29) is 11.1 Å². The van der Waals surface area contributed by atoms with E-state index >= 15 is 0 Å². The van der Waals surface area contributed by atoms with Crippen LogP contribution in [0.2, 0.25) is 10.0 Å². The summed E-state index contributed by atoms with van der Waals surface area (Å²) in [4.78, 5) is 8.41. The first kappa shape index (κ1) is 15.2. The smallest absolute Gasteiger partial charge is 0.142 e. The lowest BCUT2D eigenvalue weighted by Crippen LogP contribution is -2.19. The van der Waals surface area contributed by atoms with Gasteiger partial charge in [-0.1, -0.05) is 23.2 Å². The van der Waals surface area contributed by atoms with Crippen LogP contribution < -0.4 is 5.32 Å². The molecule has 0 aliphatic carbocycles. The minimum Gasteiger partial charge on any atom is -0.304 e. The van der Waals surface area contributed by atoms with Gasteiger partial charge in [0.05, 0.1) is 16.4 Å². The monoisotopic (exact) mass is 313 g/mol. The van der Waals surface area contributed by atoms with Crippen molar-refractivity contribution in [3.63, 3.8) is 0 Å². The van der Waals surface area contributed by atoms with E-state index in [0.29, 0.717) is 17.1 Å². The Morgan fingerprint density at radius 2 is 1.95 bits per heavy atom. The molecule has 2 rings (SSSR count). The van der Waals surface area contributed by atoms with Gasteiger partial charge in [-0.25, -0.2) is 4.39 Å². The average molecular weight is 314 g/mol. The molecule has 0 aliphatic heterocycles. The number of hydrogen-bond acceptors (Lipinski definition) is 3. The fraction of sp³-hybridized carbons (Fsp3) is 0.286. The molecule has 106 valence electrons. The van der Waals surface area contributed by atoms with E-state index in [4.69, 9.17) is 23.2 Å². The van der Waals surface area contributed by atoms with E-state index in [0.717, 1.165) is 11.4 Å². The van der Waals surface area contributed by atoms with Gasteiger partial charge in [0, 0.05) is 30.0 Å². The Balaban J connectivity index is 2.06. The zero-order chi connectivity index (χ0) is 14.7. The van der Waals surface area contributed by atoms with Crippen LogP contribution in [0.1, 0.15) is 29.9 Å². The molecule has 0 saturated heterocycles. The van der Waals surface area contributed by atoms with Gasteiger partial charge in [-0.15, -0.1) is 0 Å². The second-order valence-corrected chi connectivity index (χ2v) is 5.35. The molecule has 1 aromatic heterocycles. The quantitative estimate of drug-likeness (QED) is 0.864. The first-order valence-corrected chi connectivity index (χ1v) is 6.88. The van der Waals surface area contributed by atoms with Gasteiger partial charge in [0.2, 0.25) is 0 Å². The first-order valence-electron chi connectivity index (χ1n) is 6.12. The zero-order valence-electron chi connectivity index (χ0n) is 11.1. The third-order valence-corrected chi connectivity index (χ3v) is 3.55. The van der Waals surface area contributed by atoms with Crippen molar-refractivity contribution in [3.8, 4) is 0 Å².